The van der Waals surface area contributed by atoms with Crippen LogP contribution in [0.4, 0.5) is 0 Å². The zero-order valence-electron chi connectivity index (χ0n) is 13.4. The highest BCUT2D eigenvalue weighted by atomic mass is 16.4. The van der Waals surface area contributed by atoms with Crippen molar-refractivity contribution in [3.05, 3.63) is 64.7 Å². The molecule has 0 spiro atoms. The summed E-state index contributed by atoms with van der Waals surface area (Å²) in [5.41, 5.74) is 2.11. The number of aromatic nitrogens is 2. The average molecular weight is 322 g/mol. The molecule has 3 aromatic rings. The van der Waals surface area contributed by atoms with Gasteiger partial charge in [-0.15, -0.1) is 0 Å². The molecule has 0 bridgehead atoms. The van der Waals surface area contributed by atoms with Crippen molar-refractivity contribution in [2.24, 2.45) is 0 Å². The lowest BCUT2D eigenvalue weighted by molar-refractivity contribution is 0.0695. The Morgan fingerprint density at radius 1 is 1.17 bits per heavy atom. The molecule has 122 valence electrons. The molecule has 0 aliphatic rings. The van der Waals surface area contributed by atoms with Crippen molar-refractivity contribution in [3.63, 3.8) is 0 Å². The molecule has 0 aliphatic heterocycles. The normalized spacial score (nSPS) is 10.9. The van der Waals surface area contributed by atoms with E-state index in [9.17, 15) is 14.7 Å². The van der Waals surface area contributed by atoms with E-state index in [2.05, 4.69) is 11.9 Å². The first kappa shape index (κ1) is 15.9. The summed E-state index contributed by atoms with van der Waals surface area (Å²) in [6.45, 7) is 2.75. The maximum atomic E-state index is 12.4. The lowest BCUT2D eigenvalue weighted by atomic mass is 10.0. The molecule has 2 heterocycles. The minimum Gasteiger partial charge on any atom is -0.477 e. The summed E-state index contributed by atoms with van der Waals surface area (Å²) in [6.07, 6.45) is 6.80. The van der Waals surface area contributed by atoms with E-state index in [4.69, 9.17) is 0 Å². The zero-order chi connectivity index (χ0) is 17.1. The maximum absolute atomic E-state index is 12.4. The summed E-state index contributed by atoms with van der Waals surface area (Å²) in [5.74, 6) is -1.19. The molecule has 0 aliphatic carbocycles. The van der Waals surface area contributed by atoms with Crippen LogP contribution in [0.1, 0.15) is 30.1 Å². The summed E-state index contributed by atoms with van der Waals surface area (Å²) < 4.78 is 1.87. The van der Waals surface area contributed by atoms with Gasteiger partial charge in [0.05, 0.1) is 5.52 Å². The van der Waals surface area contributed by atoms with Crippen LogP contribution in [-0.4, -0.2) is 20.6 Å². The number of pyridine rings is 2. The maximum Gasteiger partial charge on any atom is 0.341 e. The third-order valence-corrected chi connectivity index (χ3v) is 4.08. The van der Waals surface area contributed by atoms with Crippen molar-refractivity contribution in [1.29, 1.82) is 0 Å². The van der Waals surface area contributed by atoms with Crippen LogP contribution in [0.15, 0.2) is 53.7 Å². The highest BCUT2D eigenvalue weighted by Crippen LogP contribution is 2.23. The quantitative estimate of drug-likeness (QED) is 0.779. The van der Waals surface area contributed by atoms with Gasteiger partial charge in [-0.1, -0.05) is 19.4 Å². The molecule has 5 nitrogen and oxygen atoms in total. The fourth-order valence-corrected chi connectivity index (χ4v) is 2.78. The van der Waals surface area contributed by atoms with Crippen molar-refractivity contribution in [2.75, 3.05) is 0 Å². The van der Waals surface area contributed by atoms with Gasteiger partial charge in [0.2, 0.25) is 5.43 Å². The van der Waals surface area contributed by atoms with Crippen LogP contribution in [0.25, 0.3) is 22.0 Å². The molecular weight excluding hydrogens is 304 g/mol. The summed E-state index contributed by atoms with van der Waals surface area (Å²) in [5, 5.41) is 9.72. The van der Waals surface area contributed by atoms with Gasteiger partial charge in [-0.2, -0.15) is 0 Å². The lowest BCUT2D eigenvalue weighted by Gasteiger charge is -2.13. The molecule has 24 heavy (non-hydrogen) atoms. The second-order valence-corrected chi connectivity index (χ2v) is 5.69. The van der Waals surface area contributed by atoms with Crippen molar-refractivity contribution in [1.82, 2.24) is 9.55 Å². The largest absolute Gasteiger partial charge is 0.477 e. The third-order valence-electron chi connectivity index (χ3n) is 4.08. The number of aryl methyl sites for hydroxylation is 1. The second-order valence-electron chi connectivity index (χ2n) is 5.69. The van der Waals surface area contributed by atoms with E-state index in [0.717, 1.165) is 29.5 Å². The molecule has 3 rings (SSSR count). The Hall–Kier alpha value is -2.95. The predicted molar refractivity (Wildman–Crippen MR) is 93.3 cm³/mol. The van der Waals surface area contributed by atoms with Crippen molar-refractivity contribution in [2.45, 2.75) is 26.3 Å². The fraction of sp³-hybridized carbons (Fsp3) is 0.211. The Morgan fingerprint density at radius 3 is 2.58 bits per heavy atom. The molecule has 1 N–H and O–H groups in total. The van der Waals surface area contributed by atoms with Crippen molar-refractivity contribution < 1.29 is 9.90 Å². The van der Waals surface area contributed by atoms with Crippen LogP contribution < -0.4 is 5.43 Å². The highest BCUT2D eigenvalue weighted by molar-refractivity contribution is 5.93. The van der Waals surface area contributed by atoms with E-state index in [-0.39, 0.29) is 5.56 Å². The number of aromatic carboxylic acids is 1. The Bertz CT molecular complexity index is 946. The van der Waals surface area contributed by atoms with E-state index in [1.54, 1.807) is 18.5 Å². The van der Waals surface area contributed by atoms with Crippen molar-refractivity contribution >= 4 is 16.9 Å². The number of carboxylic acids is 1. The number of benzene rings is 1. The summed E-state index contributed by atoms with van der Waals surface area (Å²) in [7, 11) is 0. The molecule has 0 fully saturated rings. The van der Waals surface area contributed by atoms with Gasteiger partial charge in [0, 0.05) is 30.5 Å². The Balaban J connectivity index is 2.25. The number of rotatable bonds is 5. The smallest absolute Gasteiger partial charge is 0.341 e. The first-order valence-electron chi connectivity index (χ1n) is 7.92. The topological polar surface area (TPSA) is 72.2 Å². The van der Waals surface area contributed by atoms with Gasteiger partial charge in [0.15, 0.2) is 0 Å². The van der Waals surface area contributed by atoms with Gasteiger partial charge in [0.1, 0.15) is 5.56 Å². The van der Waals surface area contributed by atoms with Gasteiger partial charge >= 0.3 is 5.97 Å². The number of nitrogens with zero attached hydrogens (tertiary/aromatic N) is 2. The first-order valence-corrected chi connectivity index (χ1v) is 7.92. The van der Waals surface area contributed by atoms with Gasteiger partial charge in [0.25, 0.3) is 0 Å². The standard InChI is InChI=1S/C19H18N2O3/c1-2-3-10-21-12-16(19(23)24)18(22)15-5-4-14(11-17(15)21)13-6-8-20-9-7-13/h4-9,11-12H,2-3,10H2,1H3,(H,23,24). The summed E-state index contributed by atoms with van der Waals surface area (Å²) in [6, 6.07) is 9.30. The molecular formula is C19H18N2O3. The van der Waals surface area contributed by atoms with E-state index < -0.39 is 11.4 Å². The van der Waals surface area contributed by atoms with Crippen LogP contribution in [-0.2, 0) is 6.54 Å². The SMILES string of the molecule is CCCCn1cc(C(=O)O)c(=O)c2ccc(-c3ccncc3)cc21. The molecule has 0 unspecified atom stereocenters. The molecule has 5 heteroatoms. The minimum atomic E-state index is -1.19. The number of fused-ring (bicyclic) bond motifs is 1. The van der Waals surface area contributed by atoms with Crippen LogP contribution in [0.5, 0.6) is 0 Å². The van der Waals surface area contributed by atoms with Crippen LogP contribution in [0.3, 0.4) is 0 Å². The number of hydrogen-bond donors (Lipinski definition) is 1. The van der Waals surface area contributed by atoms with Crippen molar-refractivity contribution in [3.8, 4) is 11.1 Å². The number of unbranched alkanes of at least 4 members (excludes halogenated alkanes) is 1. The molecule has 0 radical (unpaired) electrons. The minimum absolute atomic E-state index is 0.185. The van der Waals surface area contributed by atoms with E-state index in [0.29, 0.717) is 11.9 Å². The highest BCUT2D eigenvalue weighted by Gasteiger charge is 2.15. The summed E-state index contributed by atoms with van der Waals surface area (Å²) >= 11 is 0. The van der Waals surface area contributed by atoms with Gasteiger partial charge in [-0.05, 0) is 41.8 Å². The van der Waals surface area contributed by atoms with E-state index >= 15 is 0 Å². The van der Waals surface area contributed by atoms with Crippen LogP contribution in [0, 0.1) is 0 Å². The molecule has 2 aromatic heterocycles. The molecule has 0 saturated carbocycles. The number of hydrogen-bond acceptors (Lipinski definition) is 3. The Labute approximate surface area is 139 Å². The predicted octanol–water partition coefficient (Wildman–Crippen LogP) is 3.56. The number of carbonyl (C=O) groups is 1. The zero-order valence-corrected chi connectivity index (χ0v) is 13.4. The summed E-state index contributed by atoms with van der Waals surface area (Å²) in [4.78, 5) is 27.8. The van der Waals surface area contributed by atoms with E-state index in [1.165, 1.54) is 6.20 Å². The van der Waals surface area contributed by atoms with Gasteiger partial charge < -0.3 is 9.67 Å². The molecule has 0 atom stereocenters. The van der Waals surface area contributed by atoms with Crippen LogP contribution in [0.2, 0.25) is 0 Å². The first-order chi connectivity index (χ1) is 11.6. The Kier molecular flexibility index (Phi) is 4.42. The van der Waals surface area contributed by atoms with Gasteiger partial charge in [-0.3, -0.25) is 9.78 Å². The second kappa shape index (κ2) is 6.66. The third kappa shape index (κ3) is 2.93. The molecule has 0 saturated heterocycles. The average Bonchev–Trinajstić information content (AvgIpc) is 2.61. The molecule has 1 aromatic carbocycles. The van der Waals surface area contributed by atoms with Crippen LogP contribution >= 0.6 is 0 Å². The lowest BCUT2D eigenvalue weighted by Crippen LogP contribution is -2.19. The fourth-order valence-electron chi connectivity index (χ4n) is 2.78. The molecule has 0 amide bonds. The monoisotopic (exact) mass is 322 g/mol. The Morgan fingerprint density at radius 2 is 1.92 bits per heavy atom. The number of carboxylic acid groups (broad SMARTS) is 1. The van der Waals surface area contributed by atoms with E-state index in [1.807, 2.05) is 28.8 Å². The van der Waals surface area contributed by atoms with Gasteiger partial charge in [-0.25, -0.2) is 4.79 Å².